The molecule has 66 heavy (non-hydrogen) atoms. The van der Waals surface area contributed by atoms with E-state index in [0.717, 1.165) is 122 Å². The molecule has 382 valence electrons. The number of phosphoric acid groups is 1. The highest BCUT2D eigenvalue weighted by Gasteiger charge is 2.28. The van der Waals surface area contributed by atoms with Crippen LogP contribution < -0.4 is 0 Å². The van der Waals surface area contributed by atoms with E-state index < -0.39 is 57.8 Å². The minimum atomic E-state index is -4.74. The lowest BCUT2D eigenvalue weighted by molar-refractivity contribution is -0.161. The van der Waals surface area contributed by atoms with Gasteiger partial charge in [0.25, 0.3) is 0 Å². The Hall–Kier alpha value is -2.82. The second-order valence-electron chi connectivity index (χ2n) is 17.3. The summed E-state index contributed by atoms with van der Waals surface area (Å²) in [6, 6.07) is 0. The topological polar surface area (TPSA) is 155 Å². The summed E-state index contributed by atoms with van der Waals surface area (Å²) in [6.45, 7) is 4.43. The van der Waals surface area contributed by atoms with Gasteiger partial charge < -0.3 is 24.2 Å². The van der Waals surface area contributed by atoms with E-state index in [-0.39, 0.29) is 25.9 Å². The standard InChI is InChI=1S/C54H95O11P/c1-4-7-10-13-16-19-21-22-23-24-25-26-27-28-30-32-34-37-40-43-52(56)61-47-51(65-54(58)45-42-39-36-33-29-20-17-14-11-8-5-2)49-63-66(59,60)62-48-50(46-55)64-53(57)44-41-38-35-31-18-15-12-9-6-3/h7,10,14,16-17,19,22-23,25-26,50-51,55H,4-6,8-9,11-13,15,18,20-21,24,27-49H2,1-3H3,(H,59,60)/b10-7-,17-14-,19-16-,23-22-,26-25-. The molecule has 2 N–H and O–H groups in total. The van der Waals surface area contributed by atoms with Gasteiger partial charge in [-0.25, -0.2) is 4.57 Å². The number of phosphoric ester groups is 1. The Kier molecular flexibility index (Phi) is 46.6. The highest BCUT2D eigenvalue weighted by atomic mass is 31.2. The number of hydrogen-bond donors (Lipinski definition) is 2. The normalized spacial score (nSPS) is 14.0. The number of carbonyl (C=O) groups is 3. The zero-order valence-electron chi connectivity index (χ0n) is 41.9. The second kappa shape index (κ2) is 48.6. The molecule has 0 spiro atoms. The largest absolute Gasteiger partial charge is 0.472 e. The fourth-order valence-corrected chi connectivity index (χ4v) is 7.70. The smallest absolute Gasteiger partial charge is 0.462 e. The van der Waals surface area contributed by atoms with Gasteiger partial charge in [-0.1, -0.05) is 191 Å². The van der Waals surface area contributed by atoms with Gasteiger partial charge in [0.15, 0.2) is 6.10 Å². The lowest BCUT2D eigenvalue weighted by atomic mass is 10.1. The number of allylic oxidation sites excluding steroid dienone is 10. The maximum absolute atomic E-state index is 12.8. The van der Waals surface area contributed by atoms with E-state index in [0.29, 0.717) is 19.3 Å². The van der Waals surface area contributed by atoms with Gasteiger partial charge in [-0.05, 0) is 77.0 Å². The Bertz CT molecular complexity index is 1340. The van der Waals surface area contributed by atoms with Crippen molar-refractivity contribution in [3.05, 3.63) is 60.8 Å². The summed E-state index contributed by atoms with van der Waals surface area (Å²) in [7, 11) is -4.74. The Morgan fingerprint density at radius 2 is 0.803 bits per heavy atom. The zero-order chi connectivity index (χ0) is 48.4. The van der Waals surface area contributed by atoms with Crippen LogP contribution in [0.15, 0.2) is 60.8 Å². The molecule has 11 nitrogen and oxygen atoms in total. The molecule has 0 aromatic rings. The van der Waals surface area contributed by atoms with Crippen molar-refractivity contribution in [3.63, 3.8) is 0 Å². The number of unbranched alkanes of at least 4 members (excludes halogenated alkanes) is 21. The summed E-state index contributed by atoms with van der Waals surface area (Å²) in [5, 5.41) is 9.74. The number of aliphatic hydroxyl groups excluding tert-OH is 1. The fraction of sp³-hybridized carbons (Fsp3) is 0.759. The third-order valence-corrected chi connectivity index (χ3v) is 11.9. The summed E-state index contributed by atoms with van der Waals surface area (Å²) in [6.07, 6.45) is 50.6. The lowest BCUT2D eigenvalue weighted by Gasteiger charge is -2.21. The molecular formula is C54H95O11P. The van der Waals surface area contributed by atoms with E-state index in [1.54, 1.807) is 0 Å². The van der Waals surface area contributed by atoms with Crippen LogP contribution in [-0.4, -0.2) is 66.5 Å². The van der Waals surface area contributed by atoms with Crippen LogP contribution in [0.4, 0.5) is 0 Å². The van der Waals surface area contributed by atoms with Crippen molar-refractivity contribution in [3.8, 4) is 0 Å². The van der Waals surface area contributed by atoms with Gasteiger partial charge in [0.2, 0.25) is 0 Å². The first-order valence-electron chi connectivity index (χ1n) is 26.2. The first-order chi connectivity index (χ1) is 32.2. The molecule has 0 fully saturated rings. The van der Waals surface area contributed by atoms with Gasteiger partial charge in [0.1, 0.15) is 12.7 Å². The molecule has 0 bridgehead atoms. The lowest BCUT2D eigenvalue weighted by Crippen LogP contribution is -2.30. The molecule has 0 radical (unpaired) electrons. The average molecular weight is 951 g/mol. The number of carbonyl (C=O) groups excluding carboxylic acids is 3. The Balaban J connectivity index is 4.71. The molecule has 0 saturated heterocycles. The van der Waals surface area contributed by atoms with Crippen molar-refractivity contribution in [2.24, 2.45) is 0 Å². The second-order valence-corrected chi connectivity index (χ2v) is 18.8. The zero-order valence-corrected chi connectivity index (χ0v) is 42.8. The first kappa shape index (κ1) is 63.2. The number of rotatable bonds is 48. The van der Waals surface area contributed by atoms with Crippen molar-refractivity contribution < 1.29 is 52.2 Å². The average Bonchev–Trinajstić information content (AvgIpc) is 3.30. The molecule has 0 amide bonds. The minimum absolute atomic E-state index is 0.153. The van der Waals surface area contributed by atoms with E-state index in [1.807, 2.05) is 0 Å². The van der Waals surface area contributed by atoms with Crippen molar-refractivity contribution in [2.75, 3.05) is 26.4 Å². The first-order valence-corrected chi connectivity index (χ1v) is 27.7. The summed E-state index contributed by atoms with van der Waals surface area (Å²) >= 11 is 0. The van der Waals surface area contributed by atoms with Crippen LogP contribution >= 0.6 is 7.82 Å². The fourth-order valence-electron chi connectivity index (χ4n) is 6.92. The number of aliphatic hydroxyl groups is 1. The molecule has 12 heteroatoms. The molecule has 0 rings (SSSR count). The van der Waals surface area contributed by atoms with Crippen LogP contribution in [0.5, 0.6) is 0 Å². The molecule has 0 heterocycles. The maximum Gasteiger partial charge on any atom is 0.472 e. The van der Waals surface area contributed by atoms with Crippen LogP contribution in [-0.2, 0) is 42.2 Å². The van der Waals surface area contributed by atoms with E-state index >= 15 is 0 Å². The Morgan fingerprint density at radius 3 is 1.27 bits per heavy atom. The molecule has 0 saturated carbocycles. The van der Waals surface area contributed by atoms with E-state index in [1.165, 1.54) is 44.9 Å². The van der Waals surface area contributed by atoms with Gasteiger partial charge >= 0.3 is 25.7 Å². The van der Waals surface area contributed by atoms with E-state index in [9.17, 15) is 28.9 Å². The monoisotopic (exact) mass is 951 g/mol. The summed E-state index contributed by atoms with van der Waals surface area (Å²) in [5.74, 6) is -1.49. The van der Waals surface area contributed by atoms with Gasteiger partial charge in [0, 0.05) is 19.3 Å². The SMILES string of the molecule is CC/C=C\C/C=C\C/C=C\C/C=C\CCCCCCCCC(=O)OCC(COP(=O)(O)OCC(CO)OC(=O)CCCCCCCCCCC)OC(=O)CCCCCCC/C=C\CCCC. The highest BCUT2D eigenvalue weighted by molar-refractivity contribution is 7.47. The molecule has 0 aliphatic rings. The number of ether oxygens (including phenoxy) is 3. The van der Waals surface area contributed by atoms with Gasteiger partial charge in [-0.2, -0.15) is 0 Å². The van der Waals surface area contributed by atoms with Crippen molar-refractivity contribution in [2.45, 2.75) is 238 Å². The predicted octanol–water partition coefficient (Wildman–Crippen LogP) is 14.8. The molecule has 0 aliphatic heterocycles. The number of esters is 3. The van der Waals surface area contributed by atoms with Gasteiger partial charge in [-0.15, -0.1) is 0 Å². The van der Waals surface area contributed by atoms with Crippen LogP contribution in [0.2, 0.25) is 0 Å². The quantitative estimate of drug-likeness (QED) is 0.0197. The van der Waals surface area contributed by atoms with Crippen molar-refractivity contribution in [1.82, 2.24) is 0 Å². The van der Waals surface area contributed by atoms with Crippen LogP contribution in [0.1, 0.15) is 226 Å². The van der Waals surface area contributed by atoms with Gasteiger partial charge in [-0.3, -0.25) is 23.4 Å². The Morgan fingerprint density at radius 1 is 0.439 bits per heavy atom. The van der Waals surface area contributed by atoms with Crippen LogP contribution in [0.3, 0.4) is 0 Å². The van der Waals surface area contributed by atoms with Crippen molar-refractivity contribution in [1.29, 1.82) is 0 Å². The number of hydrogen-bond acceptors (Lipinski definition) is 10. The molecule has 0 aromatic carbocycles. The van der Waals surface area contributed by atoms with E-state index in [4.69, 9.17) is 23.3 Å². The Labute approximate surface area is 402 Å². The van der Waals surface area contributed by atoms with E-state index in [2.05, 4.69) is 81.5 Å². The summed E-state index contributed by atoms with van der Waals surface area (Å²) in [5.41, 5.74) is 0. The molecule has 3 unspecified atom stereocenters. The third-order valence-electron chi connectivity index (χ3n) is 10.9. The summed E-state index contributed by atoms with van der Waals surface area (Å²) < 4.78 is 39.3. The highest BCUT2D eigenvalue weighted by Crippen LogP contribution is 2.43. The molecule has 3 atom stereocenters. The summed E-state index contributed by atoms with van der Waals surface area (Å²) in [4.78, 5) is 48.2. The minimum Gasteiger partial charge on any atom is -0.462 e. The van der Waals surface area contributed by atoms with Crippen molar-refractivity contribution >= 4 is 25.7 Å². The predicted molar refractivity (Wildman–Crippen MR) is 270 cm³/mol. The third kappa shape index (κ3) is 46.3. The molecule has 0 aromatic heterocycles. The van der Waals surface area contributed by atoms with Gasteiger partial charge in [0.05, 0.1) is 19.8 Å². The van der Waals surface area contributed by atoms with Crippen LogP contribution in [0.25, 0.3) is 0 Å². The molecular weight excluding hydrogens is 856 g/mol. The maximum atomic E-state index is 12.8. The van der Waals surface area contributed by atoms with Crippen LogP contribution in [0, 0.1) is 0 Å². The molecule has 0 aliphatic carbocycles.